The van der Waals surface area contributed by atoms with Gasteiger partial charge in [-0.1, -0.05) is 44.4 Å². The highest BCUT2D eigenvalue weighted by Crippen LogP contribution is 2.19. The summed E-state index contributed by atoms with van der Waals surface area (Å²) >= 11 is 2.36. The summed E-state index contributed by atoms with van der Waals surface area (Å²) in [6, 6.07) is 8.76. The molecule has 0 fully saturated rings. The fourth-order valence-corrected chi connectivity index (χ4v) is 2.18. The van der Waals surface area contributed by atoms with Gasteiger partial charge in [0, 0.05) is 15.3 Å². The van der Waals surface area contributed by atoms with Gasteiger partial charge in [0.25, 0.3) is 0 Å². The third-order valence-electron chi connectivity index (χ3n) is 2.62. The summed E-state index contributed by atoms with van der Waals surface area (Å²) in [5.41, 5.74) is 1.21. The second-order valence-corrected chi connectivity index (χ2v) is 5.12. The van der Waals surface area contributed by atoms with Gasteiger partial charge in [-0.3, -0.25) is 0 Å². The van der Waals surface area contributed by atoms with Crippen LogP contribution < -0.4 is 5.32 Å². The summed E-state index contributed by atoms with van der Waals surface area (Å²) in [5.74, 6) is 0. The average molecular weight is 329 g/mol. The molecule has 1 aromatic rings. The molecular weight excluding hydrogens is 309 g/mol. The largest absolute Gasteiger partial charge is 0.378 e. The van der Waals surface area contributed by atoms with E-state index in [1.807, 2.05) is 6.08 Å². The predicted octanol–water partition coefficient (Wildman–Crippen LogP) is 4.84. The van der Waals surface area contributed by atoms with E-state index in [4.69, 9.17) is 0 Å². The molecule has 0 aliphatic heterocycles. The van der Waals surface area contributed by atoms with Crippen LogP contribution in [0.3, 0.4) is 0 Å². The van der Waals surface area contributed by atoms with E-state index in [0.29, 0.717) is 6.04 Å². The zero-order valence-corrected chi connectivity index (χ0v) is 12.0. The first-order chi connectivity index (χ1) is 7.77. The van der Waals surface area contributed by atoms with Crippen molar-refractivity contribution in [1.82, 2.24) is 0 Å². The molecule has 0 aliphatic carbocycles. The molecular formula is C14H20IN. The Labute approximate surface area is 112 Å². The molecule has 0 aromatic heterocycles. The van der Waals surface area contributed by atoms with Crippen LogP contribution >= 0.6 is 22.6 Å². The van der Waals surface area contributed by atoms with Crippen molar-refractivity contribution < 1.29 is 0 Å². The van der Waals surface area contributed by atoms with E-state index in [9.17, 15) is 0 Å². The van der Waals surface area contributed by atoms with Gasteiger partial charge in [-0.25, -0.2) is 0 Å². The number of nitrogens with one attached hydrogen (secondary N) is 1. The van der Waals surface area contributed by atoms with E-state index >= 15 is 0 Å². The minimum absolute atomic E-state index is 0.391. The Morgan fingerprint density at radius 3 is 2.75 bits per heavy atom. The molecule has 1 nitrogen and oxygen atoms in total. The Hall–Kier alpha value is -0.510. The SMILES string of the molecule is C=C[C@H](CCCCC)Nc1ccccc1I. The molecule has 1 atom stereocenters. The minimum Gasteiger partial charge on any atom is -0.378 e. The lowest BCUT2D eigenvalue weighted by molar-refractivity contribution is 0.642. The Morgan fingerprint density at radius 1 is 1.38 bits per heavy atom. The normalized spacial score (nSPS) is 12.1. The number of unbranched alkanes of at least 4 members (excludes halogenated alkanes) is 2. The monoisotopic (exact) mass is 329 g/mol. The first-order valence-corrected chi connectivity index (χ1v) is 6.99. The highest BCUT2D eigenvalue weighted by molar-refractivity contribution is 14.1. The second kappa shape index (κ2) is 7.71. The Bertz CT molecular complexity index is 322. The molecule has 0 aliphatic rings. The molecule has 0 saturated heterocycles. The highest BCUT2D eigenvalue weighted by Gasteiger charge is 2.05. The van der Waals surface area contributed by atoms with Crippen LogP contribution in [0.4, 0.5) is 5.69 Å². The van der Waals surface area contributed by atoms with Crippen LogP contribution in [0, 0.1) is 3.57 Å². The summed E-state index contributed by atoms with van der Waals surface area (Å²) in [6.07, 6.45) is 7.02. The van der Waals surface area contributed by atoms with Gasteiger partial charge in [0.2, 0.25) is 0 Å². The fraction of sp³-hybridized carbons (Fsp3) is 0.429. The van der Waals surface area contributed by atoms with Gasteiger partial charge in [0.15, 0.2) is 0 Å². The van der Waals surface area contributed by atoms with Crippen LogP contribution in [-0.2, 0) is 0 Å². The quantitative estimate of drug-likeness (QED) is 0.429. The van der Waals surface area contributed by atoms with Crippen molar-refractivity contribution >= 4 is 28.3 Å². The Balaban J connectivity index is 2.50. The van der Waals surface area contributed by atoms with Crippen LogP contribution in [0.15, 0.2) is 36.9 Å². The molecule has 0 radical (unpaired) electrons. The maximum absolute atomic E-state index is 3.90. The number of benzene rings is 1. The third kappa shape index (κ3) is 4.56. The van der Waals surface area contributed by atoms with Crippen molar-refractivity contribution in [3.8, 4) is 0 Å². The topological polar surface area (TPSA) is 12.0 Å². The molecule has 1 rings (SSSR count). The number of halogens is 1. The number of hydrogen-bond donors (Lipinski definition) is 1. The molecule has 1 aromatic carbocycles. The predicted molar refractivity (Wildman–Crippen MR) is 80.9 cm³/mol. The third-order valence-corrected chi connectivity index (χ3v) is 3.56. The molecule has 0 unspecified atom stereocenters. The van der Waals surface area contributed by atoms with Gasteiger partial charge in [0.1, 0.15) is 0 Å². The van der Waals surface area contributed by atoms with Crippen LogP contribution in [0.5, 0.6) is 0 Å². The second-order valence-electron chi connectivity index (χ2n) is 3.96. The molecule has 1 N–H and O–H groups in total. The Morgan fingerprint density at radius 2 is 2.12 bits per heavy atom. The zero-order chi connectivity index (χ0) is 11.8. The molecule has 0 bridgehead atoms. The van der Waals surface area contributed by atoms with Gasteiger partial charge < -0.3 is 5.32 Å². The lowest BCUT2D eigenvalue weighted by atomic mass is 10.1. The zero-order valence-electron chi connectivity index (χ0n) is 9.88. The van der Waals surface area contributed by atoms with Crippen molar-refractivity contribution in [3.05, 3.63) is 40.5 Å². The lowest BCUT2D eigenvalue weighted by Gasteiger charge is -2.17. The summed E-state index contributed by atoms with van der Waals surface area (Å²) in [7, 11) is 0. The van der Waals surface area contributed by atoms with Crippen molar-refractivity contribution in [2.45, 2.75) is 38.6 Å². The standard InChI is InChI=1S/C14H20IN/c1-3-5-6-9-12(4-2)16-14-11-8-7-10-13(14)15/h4,7-8,10-12,16H,2-3,5-6,9H2,1H3/t12-/m1/s1. The Kier molecular flexibility index (Phi) is 6.53. The van der Waals surface area contributed by atoms with Gasteiger partial charge in [-0.05, 0) is 41.1 Å². The van der Waals surface area contributed by atoms with Crippen molar-refractivity contribution in [2.24, 2.45) is 0 Å². The summed E-state index contributed by atoms with van der Waals surface area (Å²) in [6.45, 7) is 6.13. The summed E-state index contributed by atoms with van der Waals surface area (Å²) in [5, 5.41) is 3.53. The van der Waals surface area contributed by atoms with Crippen LogP contribution in [-0.4, -0.2) is 6.04 Å². The van der Waals surface area contributed by atoms with E-state index in [1.165, 1.54) is 34.9 Å². The smallest absolute Gasteiger partial charge is 0.0480 e. The highest BCUT2D eigenvalue weighted by atomic mass is 127. The molecule has 0 heterocycles. The summed E-state index contributed by atoms with van der Waals surface area (Å²) in [4.78, 5) is 0. The molecule has 16 heavy (non-hydrogen) atoms. The molecule has 2 heteroatoms. The minimum atomic E-state index is 0.391. The van der Waals surface area contributed by atoms with Crippen molar-refractivity contribution in [2.75, 3.05) is 5.32 Å². The maximum Gasteiger partial charge on any atom is 0.0480 e. The van der Waals surface area contributed by atoms with E-state index in [1.54, 1.807) is 0 Å². The molecule has 88 valence electrons. The van der Waals surface area contributed by atoms with Crippen molar-refractivity contribution in [3.63, 3.8) is 0 Å². The number of hydrogen-bond acceptors (Lipinski definition) is 1. The van der Waals surface area contributed by atoms with E-state index in [-0.39, 0.29) is 0 Å². The van der Waals surface area contributed by atoms with E-state index < -0.39 is 0 Å². The van der Waals surface area contributed by atoms with E-state index in [0.717, 1.165) is 0 Å². The van der Waals surface area contributed by atoms with Crippen molar-refractivity contribution in [1.29, 1.82) is 0 Å². The van der Waals surface area contributed by atoms with E-state index in [2.05, 4.69) is 65.7 Å². The fourth-order valence-electron chi connectivity index (χ4n) is 1.64. The average Bonchev–Trinajstić information content (AvgIpc) is 2.30. The molecule has 0 saturated carbocycles. The van der Waals surface area contributed by atoms with Crippen LogP contribution in [0.1, 0.15) is 32.6 Å². The molecule has 0 amide bonds. The van der Waals surface area contributed by atoms with Gasteiger partial charge >= 0.3 is 0 Å². The first-order valence-electron chi connectivity index (χ1n) is 5.91. The lowest BCUT2D eigenvalue weighted by Crippen LogP contribution is -2.16. The maximum atomic E-state index is 3.90. The van der Waals surface area contributed by atoms with Crippen LogP contribution in [0.25, 0.3) is 0 Å². The number of rotatable bonds is 7. The first kappa shape index (κ1) is 13.6. The van der Waals surface area contributed by atoms with Gasteiger partial charge in [-0.2, -0.15) is 0 Å². The molecule has 0 spiro atoms. The van der Waals surface area contributed by atoms with Gasteiger partial charge in [0.05, 0.1) is 0 Å². The number of para-hydroxylation sites is 1. The number of anilines is 1. The van der Waals surface area contributed by atoms with Gasteiger partial charge in [-0.15, -0.1) is 6.58 Å². The summed E-state index contributed by atoms with van der Waals surface area (Å²) < 4.78 is 1.27. The van der Waals surface area contributed by atoms with Crippen LogP contribution in [0.2, 0.25) is 0 Å².